The Bertz CT molecular complexity index is 1130. The smallest absolute Gasteiger partial charge is 0.261 e. The molecule has 0 aliphatic rings. The van der Waals surface area contributed by atoms with Crippen LogP contribution in [0.4, 0.5) is 11.4 Å². The molecule has 1 amide bonds. The minimum Gasteiger partial charge on any atom is -0.326 e. The normalized spacial score (nSPS) is 11.1. The second-order valence-electron chi connectivity index (χ2n) is 6.75. The molecule has 0 saturated carbocycles. The van der Waals surface area contributed by atoms with Crippen LogP contribution < -0.4 is 10.0 Å². The van der Waals surface area contributed by atoms with Crippen LogP contribution in [0.25, 0.3) is 0 Å². The van der Waals surface area contributed by atoms with Gasteiger partial charge in [-0.3, -0.25) is 9.52 Å². The largest absolute Gasteiger partial charge is 0.326 e. The van der Waals surface area contributed by atoms with Gasteiger partial charge < -0.3 is 5.32 Å². The van der Waals surface area contributed by atoms with Gasteiger partial charge in [-0.2, -0.15) is 0 Å². The van der Waals surface area contributed by atoms with Crippen molar-refractivity contribution in [3.05, 3.63) is 88.4 Å². The van der Waals surface area contributed by atoms with E-state index in [2.05, 4.69) is 10.0 Å². The van der Waals surface area contributed by atoms with Gasteiger partial charge in [-0.15, -0.1) is 0 Å². The number of carbonyl (C=O) groups excluding carboxylic acids is 1. The zero-order valence-electron chi connectivity index (χ0n) is 16.1. The summed E-state index contributed by atoms with van der Waals surface area (Å²) in [6.07, 6.45) is 0.246. The summed E-state index contributed by atoms with van der Waals surface area (Å²) in [4.78, 5) is 12.3. The molecule has 7 heteroatoms. The average molecular weight is 429 g/mol. The summed E-state index contributed by atoms with van der Waals surface area (Å²) in [5, 5.41) is 3.26. The molecule has 0 spiro atoms. The van der Waals surface area contributed by atoms with Crippen molar-refractivity contribution in [3.8, 4) is 0 Å². The maximum atomic E-state index is 12.6. The molecule has 150 valence electrons. The highest BCUT2D eigenvalue weighted by molar-refractivity contribution is 7.92. The molecule has 3 aromatic rings. The number of benzene rings is 3. The molecule has 0 unspecified atom stereocenters. The van der Waals surface area contributed by atoms with Gasteiger partial charge >= 0.3 is 0 Å². The van der Waals surface area contributed by atoms with Gasteiger partial charge in [-0.1, -0.05) is 47.5 Å². The molecule has 3 rings (SSSR count). The van der Waals surface area contributed by atoms with E-state index in [1.807, 2.05) is 31.2 Å². The lowest BCUT2D eigenvalue weighted by molar-refractivity contribution is -0.115. The zero-order valence-corrected chi connectivity index (χ0v) is 17.6. The van der Waals surface area contributed by atoms with E-state index >= 15 is 0 Å². The Balaban J connectivity index is 1.68. The SMILES string of the molecule is Cc1ccc(CC(=O)Nc2ccc(S(=O)(=O)Nc3cccc(Cl)c3C)cc2)cc1. The fraction of sp³-hybridized carbons (Fsp3) is 0.136. The maximum Gasteiger partial charge on any atom is 0.261 e. The van der Waals surface area contributed by atoms with Crippen LogP contribution in [0, 0.1) is 13.8 Å². The molecule has 0 saturated heterocycles. The number of aryl methyl sites for hydroxylation is 1. The van der Waals surface area contributed by atoms with Crippen LogP contribution in [-0.2, 0) is 21.2 Å². The van der Waals surface area contributed by atoms with E-state index < -0.39 is 10.0 Å². The first-order chi connectivity index (χ1) is 13.7. The lowest BCUT2D eigenvalue weighted by Gasteiger charge is -2.12. The molecule has 0 radical (unpaired) electrons. The van der Waals surface area contributed by atoms with Crippen molar-refractivity contribution < 1.29 is 13.2 Å². The highest BCUT2D eigenvalue weighted by atomic mass is 35.5. The number of anilines is 2. The van der Waals surface area contributed by atoms with Gasteiger partial charge in [0.2, 0.25) is 5.91 Å². The molecule has 0 aromatic heterocycles. The van der Waals surface area contributed by atoms with Gasteiger partial charge in [0.25, 0.3) is 10.0 Å². The molecule has 0 bridgehead atoms. The molecule has 0 aliphatic heterocycles. The molecular formula is C22H21ClN2O3S. The third kappa shape index (κ3) is 5.37. The minimum absolute atomic E-state index is 0.0911. The predicted molar refractivity (Wildman–Crippen MR) is 117 cm³/mol. The van der Waals surface area contributed by atoms with Crippen LogP contribution in [0.15, 0.2) is 71.6 Å². The number of nitrogens with one attached hydrogen (secondary N) is 2. The van der Waals surface area contributed by atoms with E-state index in [0.717, 1.165) is 11.1 Å². The highest BCUT2D eigenvalue weighted by Gasteiger charge is 2.16. The molecular weight excluding hydrogens is 408 g/mol. The first-order valence-corrected chi connectivity index (χ1v) is 10.8. The average Bonchev–Trinajstić information content (AvgIpc) is 2.67. The molecule has 0 fully saturated rings. The zero-order chi connectivity index (χ0) is 21.0. The summed E-state index contributed by atoms with van der Waals surface area (Å²) in [6, 6.07) is 18.8. The van der Waals surface area contributed by atoms with E-state index in [9.17, 15) is 13.2 Å². The summed E-state index contributed by atoms with van der Waals surface area (Å²) in [6.45, 7) is 3.73. The van der Waals surface area contributed by atoms with Gasteiger partial charge in [0.05, 0.1) is 17.0 Å². The van der Waals surface area contributed by atoms with E-state index in [1.54, 1.807) is 37.3 Å². The van der Waals surface area contributed by atoms with Crippen molar-refractivity contribution >= 4 is 38.9 Å². The third-order valence-corrected chi connectivity index (χ3v) is 6.24. The number of hydrogen-bond donors (Lipinski definition) is 2. The van der Waals surface area contributed by atoms with Gasteiger partial charge in [-0.05, 0) is 61.4 Å². The lowest BCUT2D eigenvalue weighted by Crippen LogP contribution is -2.15. The quantitative estimate of drug-likeness (QED) is 0.584. The van der Waals surface area contributed by atoms with Crippen LogP contribution in [-0.4, -0.2) is 14.3 Å². The van der Waals surface area contributed by atoms with Crippen LogP contribution in [0.1, 0.15) is 16.7 Å². The van der Waals surface area contributed by atoms with Crippen LogP contribution in [0.2, 0.25) is 5.02 Å². The fourth-order valence-corrected chi connectivity index (χ4v) is 4.03. The Kier molecular flexibility index (Phi) is 6.25. The van der Waals surface area contributed by atoms with Gasteiger partial charge in [0.15, 0.2) is 0 Å². The van der Waals surface area contributed by atoms with E-state index in [1.165, 1.54) is 12.1 Å². The van der Waals surface area contributed by atoms with Crippen molar-refractivity contribution in [1.29, 1.82) is 0 Å². The molecule has 0 aliphatic carbocycles. The number of hydrogen-bond acceptors (Lipinski definition) is 3. The number of amides is 1. The molecule has 3 aromatic carbocycles. The monoisotopic (exact) mass is 428 g/mol. The Morgan fingerprint density at radius 3 is 2.24 bits per heavy atom. The minimum atomic E-state index is -3.77. The van der Waals surface area contributed by atoms with E-state index in [0.29, 0.717) is 22.0 Å². The molecule has 0 heterocycles. The number of sulfonamides is 1. The lowest BCUT2D eigenvalue weighted by atomic mass is 10.1. The Labute approximate surface area is 175 Å². The Morgan fingerprint density at radius 1 is 0.931 bits per heavy atom. The van der Waals surface area contributed by atoms with Crippen LogP contribution in [0.5, 0.6) is 0 Å². The molecule has 2 N–H and O–H groups in total. The van der Waals surface area contributed by atoms with Gasteiger partial charge in [0.1, 0.15) is 0 Å². The number of rotatable bonds is 6. The summed E-state index contributed by atoms with van der Waals surface area (Å²) in [5.74, 6) is -0.169. The number of carbonyl (C=O) groups is 1. The molecule has 5 nitrogen and oxygen atoms in total. The standard InChI is InChI=1S/C22H21ClN2O3S/c1-15-6-8-17(9-7-15)14-22(26)24-18-10-12-19(13-11-18)29(27,28)25-21-5-3-4-20(23)16(21)2/h3-13,25H,14H2,1-2H3,(H,24,26). The van der Waals surface area contributed by atoms with Crippen LogP contribution in [0.3, 0.4) is 0 Å². The van der Waals surface area contributed by atoms with Crippen molar-refractivity contribution in [1.82, 2.24) is 0 Å². The van der Waals surface area contributed by atoms with Crippen molar-refractivity contribution in [3.63, 3.8) is 0 Å². The summed E-state index contributed by atoms with van der Waals surface area (Å²) in [5.41, 5.74) is 3.65. The Hall–Kier alpha value is -2.83. The number of halogens is 1. The summed E-state index contributed by atoms with van der Waals surface area (Å²) in [7, 11) is -3.77. The third-order valence-electron chi connectivity index (χ3n) is 4.45. The first-order valence-electron chi connectivity index (χ1n) is 8.98. The van der Waals surface area contributed by atoms with Crippen molar-refractivity contribution in [2.45, 2.75) is 25.2 Å². The molecule has 29 heavy (non-hydrogen) atoms. The first kappa shape index (κ1) is 20.9. The van der Waals surface area contributed by atoms with Crippen molar-refractivity contribution in [2.75, 3.05) is 10.0 Å². The fourth-order valence-electron chi connectivity index (χ4n) is 2.74. The topological polar surface area (TPSA) is 75.3 Å². The summed E-state index contributed by atoms with van der Waals surface area (Å²) < 4.78 is 27.8. The second kappa shape index (κ2) is 8.68. The second-order valence-corrected chi connectivity index (χ2v) is 8.84. The van der Waals surface area contributed by atoms with Crippen molar-refractivity contribution in [2.24, 2.45) is 0 Å². The van der Waals surface area contributed by atoms with E-state index in [-0.39, 0.29) is 17.2 Å². The summed E-state index contributed by atoms with van der Waals surface area (Å²) >= 11 is 6.05. The van der Waals surface area contributed by atoms with E-state index in [4.69, 9.17) is 11.6 Å². The van der Waals surface area contributed by atoms with Crippen LogP contribution >= 0.6 is 11.6 Å². The molecule has 0 atom stereocenters. The van der Waals surface area contributed by atoms with Gasteiger partial charge in [0, 0.05) is 10.7 Å². The Morgan fingerprint density at radius 2 is 1.59 bits per heavy atom. The highest BCUT2D eigenvalue weighted by Crippen LogP contribution is 2.26. The predicted octanol–water partition coefficient (Wildman–Crippen LogP) is 4.94. The van der Waals surface area contributed by atoms with Gasteiger partial charge in [-0.25, -0.2) is 8.42 Å². The maximum absolute atomic E-state index is 12.6.